The van der Waals surface area contributed by atoms with Gasteiger partial charge in [0.1, 0.15) is 12.4 Å². The van der Waals surface area contributed by atoms with Gasteiger partial charge in [-0.05, 0) is 46.3 Å². The molecule has 4 aromatic carbocycles. The predicted molar refractivity (Wildman–Crippen MR) is 138 cm³/mol. The zero-order valence-corrected chi connectivity index (χ0v) is 19.7. The molecule has 0 unspecified atom stereocenters. The lowest BCUT2D eigenvalue weighted by atomic mass is 10.0. The van der Waals surface area contributed by atoms with Crippen LogP contribution in [0.5, 0.6) is 5.75 Å². The molecule has 168 valence electrons. The Bertz CT molecular complexity index is 1430. The second-order valence-electron chi connectivity index (χ2n) is 7.82. The Labute approximate surface area is 206 Å². The Morgan fingerprint density at radius 1 is 0.824 bits per heavy atom. The first-order chi connectivity index (χ1) is 16.6. The highest BCUT2D eigenvalue weighted by Gasteiger charge is 2.35. The van der Waals surface area contributed by atoms with E-state index in [0.717, 1.165) is 39.2 Å². The second kappa shape index (κ2) is 9.75. The molecule has 1 heterocycles. The highest BCUT2D eigenvalue weighted by atomic mass is 35.5. The van der Waals surface area contributed by atoms with Crippen molar-refractivity contribution in [1.82, 2.24) is 4.90 Å². The predicted octanol–water partition coefficient (Wildman–Crippen LogP) is 7.31. The number of ether oxygens (including phenoxy) is 1. The molecule has 2 amide bonds. The third-order valence-corrected chi connectivity index (χ3v) is 6.90. The van der Waals surface area contributed by atoms with Crippen LogP contribution < -0.4 is 4.74 Å². The van der Waals surface area contributed by atoms with Gasteiger partial charge in [-0.25, -0.2) is 0 Å². The van der Waals surface area contributed by atoms with E-state index < -0.39 is 0 Å². The number of carbonyl (C=O) groups is 2. The highest BCUT2D eigenvalue weighted by Crippen LogP contribution is 2.36. The average molecular weight is 486 g/mol. The molecule has 1 aliphatic rings. The van der Waals surface area contributed by atoms with Gasteiger partial charge in [-0.3, -0.25) is 14.5 Å². The standard InChI is InChI=1S/C28H20ClNO3S/c29-24-14-5-2-10-22(24)18-33-25-15-6-3-9-20(25)16-26-27(31)30(28(32)34-26)17-21-12-7-11-19-8-1-4-13-23(19)21/h1-16H,17-18H2/b26-16+. The number of imide groups is 1. The minimum absolute atomic E-state index is 0.230. The molecule has 0 bridgehead atoms. The van der Waals surface area contributed by atoms with Gasteiger partial charge in [-0.15, -0.1) is 0 Å². The van der Waals surface area contributed by atoms with E-state index in [2.05, 4.69) is 0 Å². The van der Waals surface area contributed by atoms with Crippen molar-refractivity contribution in [1.29, 1.82) is 0 Å². The summed E-state index contributed by atoms with van der Waals surface area (Å²) in [5.74, 6) is 0.312. The molecule has 0 N–H and O–H groups in total. The monoisotopic (exact) mass is 485 g/mol. The molecule has 0 aliphatic carbocycles. The first kappa shape index (κ1) is 22.3. The molecule has 1 saturated heterocycles. The summed E-state index contributed by atoms with van der Waals surface area (Å²) < 4.78 is 6.00. The number of thioether (sulfide) groups is 1. The third-order valence-electron chi connectivity index (χ3n) is 5.63. The maximum absolute atomic E-state index is 13.2. The van der Waals surface area contributed by atoms with Gasteiger partial charge in [0.2, 0.25) is 0 Å². The molecule has 4 nitrogen and oxygen atoms in total. The largest absolute Gasteiger partial charge is 0.488 e. The van der Waals surface area contributed by atoms with Crippen LogP contribution in [-0.2, 0) is 17.9 Å². The number of amides is 2. The molecule has 6 heteroatoms. The number of benzene rings is 4. The van der Waals surface area contributed by atoms with Crippen LogP contribution in [0.1, 0.15) is 16.7 Å². The molecule has 1 aliphatic heterocycles. The molecule has 0 saturated carbocycles. The van der Waals surface area contributed by atoms with Gasteiger partial charge in [-0.2, -0.15) is 0 Å². The Morgan fingerprint density at radius 3 is 2.41 bits per heavy atom. The molecule has 0 spiro atoms. The van der Waals surface area contributed by atoms with Crippen molar-refractivity contribution in [3.63, 3.8) is 0 Å². The minimum Gasteiger partial charge on any atom is -0.488 e. The number of halogens is 1. The highest BCUT2D eigenvalue weighted by molar-refractivity contribution is 8.18. The van der Waals surface area contributed by atoms with Gasteiger partial charge in [0.25, 0.3) is 11.1 Å². The Morgan fingerprint density at radius 2 is 1.53 bits per heavy atom. The molecule has 0 aromatic heterocycles. The Balaban J connectivity index is 1.37. The van der Waals surface area contributed by atoms with Gasteiger partial charge < -0.3 is 4.74 Å². The molecule has 0 radical (unpaired) electrons. The molecule has 4 aromatic rings. The summed E-state index contributed by atoms with van der Waals surface area (Å²) in [7, 11) is 0. The van der Waals surface area contributed by atoms with Crippen molar-refractivity contribution >= 4 is 51.4 Å². The van der Waals surface area contributed by atoms with E-state index in [1.807, 2.05) is 91.0 Å². The van der Waals surface area contributed by atoms with Crippen molar-refractivity contribution in [2.24, 2.45) is 0 Å². The maximum atomic E-state index is 13.2. The van der Waals surface area contributed by atoms with Crippen LogP contribution in [0.4, 0.5) is 4.79 Å². The van der Waals surface area contributed by atoms with Gasteiger partial charge in [-0.1, -0.05) is 90.5 Å². The zero-order chi connectivity index (χ0) is 23.5. The average Bonchev–Trinajstić information content (AvgIpc) is 3.12. The molecule has 5 rings (SSSR count). The van der Waals surface area contributed by atoms with Crippen LogP contribution >= 0.6 is 23.4 Å². The Kier molecular flexibility index (Phi) is 6.39. The summed E-state index contributed by atoms with van der Waals surface area (Å²) in [5, 5.41) is 2.46. The first-order valence-electron chi connectivity index (χ1n) is 10.8. The van der Waals surface area contributed by atoms with Crippen LogP contribution in [0.15, 0.2) is 95.9 Å². The normalized spacial score (nSPS) is 14.9. The number of hydrogen-bond donors (Lipinski definition) is 0. The fourth-order valence-corrected chi connectivity index (χ4v) is 4.90. The molecule has 34 heavy (non-hydrogen) atoms. The molecule has 1 fully saturated rings. The van der Waals surface area contributed by atoms with Crippen molar-refractivity contribution in [3.8, 4) is 5.75 Å². The lowest BCUT2D eigenvalue weighted by Gasteiger charge is -2.14. The number of para-hydroxylation sites is 1. The van der Waals surface area contributed by atoms with Crippen LogP contribution in [0, 0.1) is 0 Å². The second-order valence-corrected chi connectivity index (χ2v) is 9.22. The first-order valence-corrected chi connectivity index (χ1v) is 12.0. The van der Waals surface area contributed by atoms with Crippen molar-refractivity contribution in [2.75, 3.05) is 0 Å². The van der Waals surface area contributed by atoms with E-state index in [-0.39, 0.29) is 17.7 Å². The molecular formula is C28H20ClNO3S. The SMILES string of the molecule is O=C1S/C(=C/c2ccccc2OCc2ccccc2Cl)C(=O)N1Cc1cccc2ccccc12. The van der Waals surface area contributed by atoms with Gasteiger partial charge in [0.05, 0.1) is 11.4 Å². The van der Waals surface area contributed by atoms with Crippen molar-refractivity contribution < 1.29 is 14.3 Å². The van der Waals surface area contributed by atoms with Crippen LogP contribution in [-0.4, -0.2) is 16.0 Å². The number of nitrogens with zero attached hydrogens (tertiary/aromatic N) is 1. The van der Waals surface area contributed by atoms with E-state index in [1.54, 1.807) is 6.08 Å². The van der Waals surface area contributed by atoms with Gasteiger partial charge in [0.15, 0.2) is 0 Å². The van der Waals surface area contributed by atoms with Crippen molar-refractivity contribution in [3.05, 3.63) is 118 Å². The number of rotatable bonds is 6. The molecular weight excluding hydrogens is 466 g/mol. The lowest BCUT2D eigenvalue weighted by Crippen LogP contribution is -2.27. The Hall–Kier alpha value is -3.54. The number of carbonyl (C=O) groups excluding carboxylic acids is 2. The third kappa shape index (κ3) is 4.58. The van der Waals surface area contributed by atoms with E-state index in [4.69, 9.17) is 16.3 Å². The van der Waals surface area contributed by atoms with E-state index in [9.17, 15) is 9.59 Å². The van der Waals surface area contributed by atoms with Crippen LogP contribution in [0.25, 0.3) is 16.8 Å². The summed E-state index contributed by atoms with van der Waals surface area (Å²) in [6, 6.07) is 28.8. The van der Waals surface area contributed by atoms with Crippen LogP contribution in [0.2, 0.25) is 5.02 Å². The van der Waals surface area contributed by atoms with E-state index >= 15 is 0 Å². The van der Waals surface area contributed by atoms with E-state index in [0.29, 0.717) is 22.3 Å². The summed E-state index contributed by atoms with van der Waals surface area (Å²) in [5.41, 5.74) is 2.53. The quantitative estimate of drug-likeness (QED) is 0.269. The minimum atomic E-state index is -0.302. The van der Waals surface area contributed by atoms with Gasteiger partial charge >= 0.3 is 0 Å². The number of hydrogen-bond acceptors (Lipinski definition) is 4. The van der Waals surface area contributed by atoms with Crippen molar-refractivity contribution in [2.45, 2.75) is 13.2 Å². The van der Waals surface area contributed by atoms with Crippen LogP contribution in [0.3, 0.4) is 0 Å². The summed E-state index contributed by atoms with van der Waals surface area (Å²) >= 11 is 7.19. The fraction of sp³-hybridized carbons (Fsp3) is 0.0714. The lowest BCUT2D eigenvalue weighted by molar-refractivity contribution is -0.123. The fourth-order valence-electron chi connectivity index (χ4n) is 3.88. The topological polar surface area (TPSA) is 46.6 Å². The summed E-state index contributed by atoms with van der Waals surface area (Å²) in [6.07, 6.45) is 1.72. The summed E-state index contributed by atoms with van der Waals surface area (Å²) in [6.45, 7) is 0.529. The maximum Gasteiger partial charge on any atom is 0.293 e. The van der Waals surface area contributed by atoms with Gasteiger partial charge in [0, 0.05) is 16.1 Å². The van der Waals surface area contributed by atoms with E-state index in [1.165, 1.54) is 4.90 Å². The smallest absolute Gasteiger partial charge is 0.293 e. The number of fused-ring (bicyclic) bond motifs is 1. The zero-order valence-electron chi connectivity index (χ0n) is 18.1. The summed E-state index contributed by atoms with van der Waals surface area (Å²) in [4.78, 5) is 27.6. The molecule has 0 atom stereocenters.